The van der Waals surface area contributed by atoms with Crippen molar-refractivity contribution in [1.29, 1.82) is 0 Å². The van der Waals surface area contributed by atoms with Crippen molar-refractivity contribution in [2.24, 2.45) is 0 Å². The molecule has 0 aliphatic rings. The molecule has 0 aliphatic carbocycles. The van der Waals surface area contributed by atoms with Gasteiger partial charge in [-0.2, -0.15) is 0 Å². The van der Waals surface area contributed by atoms with Gasteiger partial charge in [-0.1, -0.05) is 23.2 Å². The minimum absolute atomic E-state index is 0.108. The SMILES string of the molecule is CC(Cl)CNC(=O)c1cc(Cl)cc(Cl)c1. The predicted molar refractivity (Wildman–Crippen MR) is 64.1 cm³/mol. The number of carbonyl (C=O) groups is 1. The van der Waals surface area contributed by atoms with Gasteiger partial charge in [0.1, 0.15) is 0 Å². The number of alkyl halides is 1. The first-order valence-corrected chi connectivity index (χ1v) is 5.56. The van der Waals surface area contributed by atoms with Gasteiger partial charge in [-0.15, -0.1) is 11.6 Å². The first-order valence-electron chi connectivity index (χ1n) is 4.37. The molecule has 0 fully saturated rings. The van der Waals surface area contributed by atoms with Gasteiger partial charge >= 0.3 is 0 Å². The topological polar surface area (TPSA) is 29.1 Å². The number of hydrogen-bond acceptors (Lipinski definition) is 1. The molecule has 1 rings (SSSR count). The highest BCUT2D eigenvalue weighted by Crippen LogP contribution is 2.18. The number of carbonyl (C=O) groups excluding carboxylic acids is 1. The average molecular weight is 267 g/mol. The van der Waals surface area contributed by atoms with Gasteiger partial charge in [0, 0.05) is 27.5 Å². The van der Waals surface area contributed by atoms with E-state index in [0.29, 0.717) is 22.2 Å². The van der Waals surface area contributed by atoms with E-state index in [1.165, 1.54) is 0 Å². The first kappa shape index (κ1) is 12.6. The maximum absolute atomic E-state index is 11.6. The second kappa shape index (κ2) is 5.59. The Morgan fingerprint density at radius 2 is 1.87 bits per heavy atom. The Kier molecular flexibility index (Phi) is 4.71. The fourth-order valence-electron chi connectivity index (χ4n) is 1.02. The van der Waals surface area contributed by atoms with Crippen LogP contribution in [0.25, 0.3) is 0 Å². The normalized spacial score (nSPS) is 12.3. The molecule has 1 N–H and O–H groups in total. The Morgan fingerprint density at radius 3 is 2.33 bits per heavy atom. The lowest BCUT2D eigenvalue weighted by Crippen LogP contribution is -2.28. The summed E-state index contributed by atoms with van der Waals surface area (Å²) in [6.07, 6.45) is 0. The minimum atomic E-state index is -0.230. The standard InChI is InChI=1S/C10H10Cl3NO/c1-6(11)5-14-10(15)7-2-8(12)4-9(13)3-7/h2-4,6H,5H2,1H3,(H,14,15). The second-order valence-corrected chi connectivity index (χ2v) is 4.77. The summed E-state index contributed by atoms with van der Waals surface area (Å²) >= 11 is 17.2. The summed E-state index contributed by atoms with van der Waals surface area (Å²) in [6, 6.07) is 4.69. The molecule has 1 atom stereocenters. The molecule has 0 heterocycles. The number of rotatable bonds is 3. The maximum atomic E-state index is 11.6. The van der Waals surface area contributed by atoms with Crippen molar-refractivity contribution in [3.05, 3.63) is 33.8 Å². The summed E-state index contributed by atoms with van der Waals surface area (Å²) in [7, 11) is 0. The van der Waals surface area contributed by atoms with E-state index in [9.17, 15) is 4.79 Å². The molecule has 1 aromatic rings. The quantitative estimate of drug-likeness (QED) is 0.835. The molecule has 1 unspecified atom stereocenters. The summed E-state index contributed by atoms with van der Waals surface area (Å²) in [4.78, 5) is 11.6. The van der Waals surface area contributed by atoms with Gasteiger partial charge in [-0.3, -0.25) is 4.79 Å². The average Bonchev–Trinajstić information content (AvgIpc) is 2.12. The zero-order valence-electron chi connectivity index (χ0n) is 8.06. The third-order valence-electron chi connectivity index (χ3n) is 1.67. The van der Waals surface area contributed by atoms with Gasteiger partial charge in [0.05, 0.1) is 0 Å². The zero-order chi connectivity index (χ0) is 11.4. The van der Waals surface area contributed by atoms with Crippen LogP contribution in [-0.2, 0) is 0 Å². The maximum Gasteiger partial charge on any atom is 0.251 e. The molecule has 1 amide bonds. The molecule has 1 aromatic carbocycles. The highest BCUT2D eigenvalue weighted by atomic mass is 35.5. The van der Waals surface area contributed by atoms with E-state index in [-0.39, 0.29) is 11.3 Å². The molecule has 0 radical (unpaired) electrons. The number of benzene rings is 1. The highest BCUT2D eigenvalue weighted by molar-refractivity contribution is 6.35. The molecule has 0 aromatic heterocycles. The van der Waals surface area contributed by atoms with Crippen molar-refractivity contribution >= 4 is 40.7 Å². The van der Waals surface area contributed by atoms with Gasteiger partial charge in [0.15, 0.2) is 0 Å². The van der Waals surface area contributed by atoms with Crippen molar-refractivity contribution in [2.75, 3.05) is 6.54 Å². The minimum Gasteiger partial charge on any atom is -0.351 e. The molecule has 0 bridgehead atoms. The second-order valence-electron chi connectivity index (χ2n) is 3.15. The van der Waals surface area contributed by atoms with Crippen molar-refractivity contribution in [2.45, 2.75) is 12.3 Å². The molecule has 82 valence electrons. The summed E-state index contributed by atoms with van der Waals surface area (Å²) < 4.78 is 0. The van der Waals surface area contributed by atoms with Crippen LogP contribution in [0.15, 0.2) is 18.2 Å². The lowest BCUT2D eigenvalue weighted by Gasteiger charge is -2.07. The van der Waals surface area contributed by atoms with Gasteiger partial charge in [-0.25, -0.2) is 0 Å². The van der Waals surface area contributed by atoms with Crippen LogP contribution in [0.2, 0.25) is 10.0 Å². The Bertz CT molecular complexity index is 345. The fourth-order valence-corrected chi connectivity index (χ4v) is 1.62. The number of hydrogen-bond donors (Lipinski definition) is 1. The number of nitrogens with one attached hydrogen (secondary N) is 1. The van der Waals surface area contributed by atoms with Gasteiger partial charge in [0.25, 0.3) is 5.91 Å². The van der Waals surface area contributed by atoms with E-state index in [1.807, 2.05) is 0 Å². The third kappa shape index (κ3) is 4.29. The predicted octanol–water partition coefficient (Wildman–Crippen LogP) is 3.35. The molecule has 0 spiro atoms. The van der Waals surface area contributed by atoms with Crippen LogP contribution in [0, 0.1) is 0 Å². The number of halogens is 3. The monoisotopic (exact) mass is 265 g/mol. The smallest absolute Gasteiger partial charge is 0.251 e. The van der Waals surface area contributed by atoms with Crippen molar-refractivity contribution < 1.29 is 4.79 Å². The van der Waals surface area contributed by atoms with E-state index in [0.717, 1.165) is 0 Å². The lowest BCUT2D eigenvalue weighted by molar-refractivity contribution is 0.0954. The third-order valence-corrected chi connectivity index (χ3v) is 2.26. The molecular weight excluding hydrogens is 256 g/mol. The summed E-state index contributed by atoms with van der Waals surface area (Å²) in [5, 5.41) is 3.43. The van der Waals surface area contributed by atoms with E-state index >= 15 is 0 Å². The Hall–Kier alpha value is -0.440. The van der Waals surface area contributed by atoms with Gasteiger partial charge in [-0.05, 0) is 25.1 Å². The highest BCUT2D eigenvalue weighted by Gasteiger charge is 2.08. The van der Waals surface area contributed by atoms with E-state index in [2.05, 4.69) is 5.32 Å². The van der Waals surface area contributed by atoms with E-state index in [1.54, 1.807) is 25.1 Å². The van der Waals surface area contributed by atoms with Crippen molar-refractivity contribution in [3.63, 3.8) is 0 Å². The van der Waals surface area contributed by atoms with E-state index in [4.69, 9.17) is 34.8 Å². The van der Waals surface area contributed by atoms with Crippen molar-refractivity contribution in [1.82, 2.24) is 5.32 Å². The lowest BCUT2D eigenvalue weighted by atomic mass is 10.2. The van der Waals surface area contributed by atoms with E-state index < -0.39 is 0 Å². The molecule has 5 heteroatoms. The molecular formula is C10H10Cl3NO. The Labute approximate surface area is 104 Å². The molecule has 2 nitrogen and oxygen atoms in total. The summed E-state index contributed by atoms with van der Waals surface area (Å²) in [5.41, 5.74) is 0.435. The van der Waals surface area contributed by atoms with Crippen LogP contribution in [0.1, 0.15) is 17.3 Å². The molecule has 0 saturated heterocycles. The molecule has 15 heavy (non-hydrogen) atoms. The van der Waals surface area contributed by atoms with Gasteiger partial charge < -0.3 is 5.32 Å². The largest absolute Gasteiger partial charge is 0.351 e. The Balaban J connectivity index is 2.73. The van der Waals surface area contributed by atoms with Crippen LogP contribution in [0.5, 0.6) is 0 Å². The first-order chi connectivity index (χ1) is 6.99. The zero-order valence-corrected chi connectivity index (χ0v) is 10.3. The molecule has 0 saturated carbocycles. The summed E-state index contributed by atoms with van der Waals surface area (Å²) in [6.45, 7) is 2.21. The Morgan fingerprint density at radius 1 is 1.33 bits per heavy atom. The van der Waals surface area contributed by atoms with Crippen LogP contribution in [0.4, 0.5) is 0 Å². The van der Waals surface area contributed by atoms with Crippen LogP contribution in [0.3, 0.4) is 0 Å². The fraction of sp³-hybridized carbons (Fsp3) is 0.300. The van der Waals surface area contributed by atoms with Crippen LogP contribution >= 0.6 is 34.8 Å². The van der Waals surface area contributed by atoms with Crippen LogP contribution < -0.4 is 5.32 Å². The number of amides is 1. The van der Waals surface area contributed by atoms with Gasteiger partial charge in [0.2, 0.25) is 0 Å². The summed E-state index contributed by atoms with van der Waals surface area (Å²) in [5.74, 6) is -0.230. The molecule has 0 aliphatic heterocycles. The van der Waals surface area contributed by atoms with Crippen molar-refractivity contribution in [3.8, 4) is 0 Å². The van der Waals surface area contributed by atoms with Crippen LogP contribution in [-0.4, -0.2) is 17.8 Å².